The molecule has 2 nitrogen and oxygen atoms in total. The van der Waals surface area contributed by atoms with Crippen molar-refractivity contribution in [2.45, 2.75) is 25.5 Å². The van der Waals surface area contributed by atoms with Gasteiger partial charge in [0.15, 0.2) is 0 Å². The normalized spacial score (nSPS) is 21.1. The Balaban J connectivity index is 1.99. The zero-order chi connectivity index (χ0) is 14.1. The zero-order valence-electron chi connectivity index (χ0n) is 11.7. The maximum atomic E-state index is 6.30. The minimum Gasteiger partial charge on any atom is -0.485 e. The predicted molar refractivity (Wildman–Crippen MR) is 82.4 cm³/mol. The molecule has 0 bridgehead atoms. The van der Waals surface area contributed by atoms with E-state index in [4.69, 9.17) is 16.3 Å². The average molecular weight is 288 g/mol. The van der Waals surface area contributed by atoms with Crippen molar-refractivity contribution in [3.05, 3.63) is 64.2 Å². The van der Waals surface area contributed by atoms with Gasteiger partial charge in [0.25, 0.3) is 0 Å². The molecule has 0 aromatic heterocycles. The van der Waals surface area contributed by atoms with Crippen LogP contribution in [-0.4, -0.2) is 7.05 Å². The van der Waals surface area contributed by atoms with E-state index in [1.54, 1.807) is 0 Å². The van der Waals surface area contributed by atoms with Gasteiger partial charge in [-0.05, 0) is 26.1 Å². The Labute approximate surface area is 124 Å². The van der Waals surface area contributed by atoms with Gasteiger partial charge in [0.1, 0.15) is 11.9 Å². The van der Waals surface area contributed by atoms with E-state index in [9.17, 15) is 0 Å². The fourth-order valence-electron chi connectivity index (χ4n) is 2.79. The number of benzene rings is 2. The van der Waals surface area contributed by atoms with Gasteiger partial charge in [0.05, 0.1) is 0 Å². The molecule has 0 radical (unpaired) electrons. The lowest BCUT2D eigenvalue weighted by atomic mass is 9.92. The number of fused-ring (bicyclic) bond motifs is 1. The summed E-state index contributed by atoms with van der Waals surface area (Å²) in [4.78, 5) is 0. The van der Waals surface area contributed by atoms with Gasteiger partial charge in [-0.3, -0.25) is 0 Å². The summed E-state index contributed by atoms with van der Waals surface area (Å²) in [7, 11) is 1.99. The van der Waals surface area contributed by atoms with Crippen LogP contribution in [0.2, 0.25) is 5.02 Å². The van der Waals surface area contributed by atoms with E-state index in [0.717, 1.165) is 22.8 Å². The minimum absolute atomic E-state index is 0.00337. The third-order valence-electron chi connectivity index (χ3n) is 3.86. The van der Waals surface area contributed by atoms with E-state index in [0.29, 0.717) is 6.04 Å². The molecule has 0 amide bonds. The maximum Gasteiger partial charge on any atom is 0.127 e. The Morgan fingerprint density at radius 3 is 2.70 bits per heavy atom. The van der Waals surface area contributed by atoms with Gasteiger partial charge in [0, 0.05) is 28.6 Å². The van der Waals surface area contributed by atoms with E-state index in [-0.39, 0.29) is 6.10 Å². The van der Waals surface area contributed by atoms with Crippen LogP contribution in [0.4, 0.5) is 0 Å². The largest absolute Gasteiger partial charge is 0.485 e. The molecule has 0 saturated heterocycles. The van der Waals surface area contributed by atoms with E-state index in [1.807, 2.05) is 31.3 Å². The van der Waals surface area contributed by atoms with Crippen LogP contribution < -0.4 is 10.1 Å². The smallest absolute Gasteiger partial charge is 0.127 e. The quantitative estimate of drug-likeness (QED) is 0.882. The molecule has 1 heterocycles. The molecule has 2 aromatic carbocycles. The van der Waals surface area contributed by atoms with E-state index in [2.05, 4.69) is 30.4 Å². The van der Waals surface area contributed by atoms with Crippen LogP contribution in [0.1, 0.15) is 35.3 Å². The second-order valence-corrected chi connectivity index (χ2v) is 5.65. The number of hydrogen-bond donors (Lipinski definition) is 1. The summed E-state index contributed by atoms with van der Waals surface area (Å²) in [6.07, 6.45) is 0.882. The van der Waals surface area contributed by atoms with E-state index >= 15 is 0 Å². The summed E-state index contributed by atoms with van der Waals surface area (Å²) in [5, 5.41) is 4.15. The number of halogens is 1. The van der Waals surface area contributed by atoms with Crippen LogP contribution in [0.25, 0.3) is 0 Å². The van der Waals surface area contributed by atoms with Crippen molar-refractivity contribution in [2.24, 2.45) is 0 Å². The molecular weight excluding hydrogens is 270 g/mol. The SMILES string of the molecule is CNC1CC(c2ccccc2Cl)Oc2ccc(C)cc21. The molecule has 2 unspecified atom stereocenters. The molecule has 1 N–H and O–H groups in total. The van der Waals surface area contributed by atoms with Crippen molar-refractivity contribution in [1.29, 1.82) is 0 Å². The third-order valence-corrected chi connectivity index (χ3v) is 4.20. The summed E-state index contributed by atoms with van der Waals surface area (Å²) in [6.45, 7) is 2.10. The monoisotopic (exact) mass is 287 g/mol. The molecule has 2 aromatic rings. The molecule has 3 heteroatoms. The molecule has 1 aliphatic heterocycles. The number of nitrogens with one attached hydrogen (secondary N) is 1. The standard InChI is InChI=1S/C17H18ClNO/c1-11-7-8-16-13(9-11)15(19-2)10-17(20-16)12-5-3-4-6-14(12)18/h3-9,15,17,19H,10H2,1-2H3. The van der Waals surface area contributed by atoms with Crippen LogP contribution in [0, 0.1) is 6.92 Å². The van der Waals surface area contributed by atoms with Gasteiger partial charge in [-0.1, -0.05) is 47.5 Å². The van der Waals surface area contributed by atoms with Gasteiger partial charge < -0.3 is 10.1 Å². The van der Waals surface area contributed by atoms with E-state index < -0.39 is 0 Å². The fourth-order valence-corrected chi connectivity index (χ4v) is 3.05. The highest BCUT2D eigenvalue weighted by Crippen LogP contribution is 2.42. The second-order valence-electron chi connectivity index (χ2n) is 5.25. The van der Waals surface area contributed by atoms with Crippen molar-refractivity contribution in [1.82, 2.24) is 5.32 Å². The molecule has 0 spiro atoms. The first-order chi connectivity index (χ1) is 9.69. The predicted octanol–water partition coefficient (Wildman–Crippen LogP) is 4.43. The summed E-state index contributed by atoms with van der Waals surface area (Å²) >= 11 is 6.30. The third kappa shape index (κ3) is 2.41. The Bertz CT molecular complexity index is 626. The van der Waals surface area contributed by atoms with Crippen molar-refractivity contribution in [3.63, 3.8) is 0 Å². The van der Waals surface area contributed by atoms with Crippen molar-refractivity contribution in [2.75, 3.05) is 7.05 Å². The van der Waals surface area contributed by atoms with Gasteiger partial charge in [0.2, 0.25) is 0 Å². The number of aryl methyl sites for hydroxylation is 1. The molecule has 104 valence electrons. The second kappa shape index (κ2) is 5.47. The Kier molecular flexibility index (Phi) is 3.68. The number of ether oxygens (including phenoxy) is 1. The lowest BCUT2D eigenvalue weighted by molar-refractivity contribution is 0.154. The van der Waals surface area contributed by atoms with Crippen LogP contribution in [0.15, 0.2) is 42.5 Å². The molecule has 1 aliphatic rings. The maximum absolute atomic E-state index is 6.30. The molecule has 0 aliphatic carbocycles. The Morgan fingerprint density at radius 2 is 1.95 bits per heavy atom. The van der Waals surface area contributed by atoms with Crippen LogP contribution in [0.5, 0.6) is 5.75 Å². The van der Waals surface area contributed by atoms with Crippen molar-refractivity contribution in [3.8, 4) is 5.75 Å². The first kappa shape index (κ1) is 13.5. The highest BCUT2D eigenvalue weighted by molar-refractivity contribution is 6.31. The zero-order valence-corrected chi connectivity index (χ0v) is 12.4. The highest BCUT2D eigenvalue weighted by Gasteiger charge is 2.29. The first-order valence-electron chi connectivity index (χ1n) is 6.88. The lowest BCUT2D eigenvalue weighted by Crippen LogP contribution is -2.27. The Morgan fingerprint density at radius 1 is 1.15 bits per heavy atom. The summed E-state index contributed by atoms with van der Waals surface area (Å²) in [5.41, 5.74) is 3.54. The van der Waals surface area contributed by atoms with Gasteiger partial charge in [-0.2, -0.15) is 0 Å². The number of hydrogen-bond acceptors (Lipinski definition) is 2. The summed E-state index contributed by atoms with van der Waals surface area (Å²) in [6, 6.07) is 14.5. The molecule has 0 fully saturated rings. The molecule has 20 heavy (non-hydrogen) atoms. The first-order valence-corrected chi connectivity index (χ1v) is 7.25. The van der Waals surface area contributed by atoms with Gasteiger partial charge >= 0.3 is 0 Å². The lowest BCUT2D eigenvalue weighted by Gasteiger charge is -2.33. The topological polar surface area (TPSA) is 21.3 Å². The fraction of sp³-hybridized carbons (Fsp3) is 0.294. The average Bonchev–Trinajstić information content (AvgIpc) is 2.46. The van der Waals surface area contributed by atoms with Crippen molar-refractivity contribution < 1.29 is 4.74 Å². The Hall–Kier alpha value is -1.51. The van der Waals surface area contributed by atoms with Gasteiger partial charge in [-0.15, -0.1) is 0 Å². The summed E-state index contributed by atoms with van der Waals surface area (Å²) < 4.78 is 6.16. The molecule has 2 atom stereocenters. The molecule has 3 rings (SSSR count). The molecular formula is C17H18ClNO. The summed E-state index contributed by atoms with van der Waals surface area (Å²) in [5.74, 6) is 0.950. The minimum atomic E-state index is -0.00337. The van der Waals surface area contributed by atoms with Gasteiger partial charge in [-0.25, -0.2) is 0 Å². The molecule has 0 saturated carbocycles. The van der Waals surface area contributed by atoms with Crippen LogP contribution in [0.3, 0.4) is 0 Å². The van der Waals surface area contributed by atoms with Crippen molar-refractivity contribution >= 4 is 11.6 Å². The number of rotatable bonds is 2. The highest BCUT2D eigenvalue weighted by atomic mass is 35.5. The van der Waals surface area contributed by atoms with Crippen LogP contribution in [-0.2, 0) is 0 Å². The van der Waals surface area contributed by atoms with Crippen LogP contribution >= 0.6 is 11.6 Å². The van der Waals surface area contributed by atoms with E-state index in [1.165, 1.54) is 11.1 Å².